The van der Waals surface area contributed by atoms with E-state index in [1.165, 1.54) is 24.7 Å². The zero-order valence-corrected chi connectivity index (χ0v) is 16.1. The van der Waals surface area contributed by atoms with E-state index in [9.17, 15) is 22.7 Å². The van der Waals surface area contributed by atoms with Crippen LogP contribution in [0.1, 0.15) is 5.69 Å². The van der Waals surface area contributed by atoms with E-state index in [-0.39, 0.29) is 16.9 Å². The van der Waals surface area contributed by atoms with E-state index in [1.807, 2.05) is 0 Å². The summed E-state index contributed by atoms with van der Waals surface area (Å²) < 4.78 is 53.6. The number of aliphatic hydroxyl groups excluding tert-OH is 1. The number of aliphatic hydroxyl groups is 1. The molecule has 0 amide bonds. The molecular formula is C20H16F4N6O. The predicted molar refractivity (Wildman–Crippen MR) is 105 cm³/mol. The summed E-state index contributed by atoms with van der Waals surface area (Å²) in [6.45, 7) is 0.947. The van der Waals surface area contributed by atoms with Crippen LogP contribution in [-0.4, -0.2) is 42.1 Å². The van der Waals surface area contributed by atoms with Crippen LogP contribution in [0.3, 0.4) is 0 Å². The second-order valence-corrected chi connectivity index (χ2v) is 6.81. The number of alkyl halides is 3. The van der Waals surface area contributed by atoms with Crippen molar-refractivity contribution in [2.24, 2.45) is 0 Å². The molecule has 0 radical (unpaired) electrons. The number of hydrogen-bond acceptors (Lipinski definition) is 6. The van der Waals surface area contributed by atoms with Gasteiger partial charge in [-0.25, -0.2) is 9.37 Å². The summed E-state index contributed by atoms with van der Waals surface area (Å²) in [5.41, 5.74) is 2.54. The normalized spacial score (nSPS) is 12.8. The fraction of sp³-hybridized carbons (Fsp3) is 0.200. The van der Waals surface area contributed by atoms with Gasteiger partial charge in [0.15, 0.2) is 11.9 Å². The van der Waals surface area contributed by atoms with Gasteiger partial charge in [-0.3, -0.25) is 14.6 Å². The highest BCUT2D eigenvalue weighted by molar-refractivity contribution is 5.89. The first-order chi connectivity index (χ1) is 14.7. The van der Waals surface area contributed by atoms with Crippen LogP contribution >= 0.6 is 0 Å². The third-order valence-corrected chi connectivity index (χ3v) is 4.52. The molecule has 0 aliphatic heterocycles. The molecular weight excluding hydrogens is 416 g/mol. The molecule has 0 saturated heterocycles. The van der Waals surface area contributed by atoms with Crippen LogP contribution in [0.4, 0.5) is 28.9 Å². The van der Waals surface area contributed by atoms with Crippen LogP contribution < -0.4 is 5.32 Å². The first-order valence-corrected chi connectivity index (χ1v) is 9.14. The van der Waals surface area contributed by atoms with E-state index < -0.39 is 24.6 Å². The number of nitrogens with zero attached hydrogens (tertiary/aromatic N) is 5. The number of anilines is 2. The molecule has 4 aromatic heterocycles. The summed E-state index contributed by atoms with van der Waals surface area (Å²) >= 11 is 0. The van der Waals surface area contributed by atoms with Gasteiger partial charge in [0, 0.05) is 23.8 Å². The molecule has 7 nitrogen and oxygen atoms in total. The molecule has 0 spiro atoms. The Morgan fingerprint density at radius 2 is 1.90 bits per heavy atom. The number of fused-ring (bicyclic) bond motifs is 1. The number of halogens is 4. The molecule has 2 N–H and O–H groups in total. The van der Waals surface area contributed by atoms with Crippen LogP contribution in [0.15, 0.2) is 48.9 Å². The zero-order chi connectivity index (χ0) is 22.2. The van der Waals surface area contributed by atoms with Crippen LogP contribution in [-0.2, 0) is 6.54 Å². The number of rotatable bonds is 5. The van der Waals surface area contributed by atoms with Crippen LogP contribution in [0.5, 0.6) is 0 Å². The van der Waals surface area contributed by atoms with Gasteiger partial charge in [-0.15, -0.1) is 0 Å². The number of aryl methyl sites for hydroxylation is 1. The van der Waals surface area contributed by atoms with Gasteiger partial charge in [-0.05, 0) is 37.3 Å². The lowest BCUT2D eigenvalue weighted by Gasteiger charge is -2.16. The smallest absolute Gasteiger partial charge is 0.382 e. The Morgan fingerprint density at radius 3 is 2.68 bits per heavy atom. The maximum atomic E-state index is 14.2. The standard InChI is InChI=1S/C20H16F4N6O/c1-11-2-3-13(21)18(28-11)15-8-12(4-6-25-15)29-14-5-7-26-16-9-27-30(19(14)16)10-17(31)20(22,23)24/h2-9,17,31H,10H2,1H3,(H,25,26,29). The highest BCUT2D eigenvalue weighted by Crippen LogP contribution is 2.29. The van der Waals surface area contributed by atoms with Gasteiger partial charge in [-0.1, -0.05) is 0 Å². The fourth-order valence-corrected chi connectivity index (χ4v) is 3.04. The largest absolute Gasteiger partial charge is 0.416 e. The summed E-state index contributed by atoms with van der Waals surface area (Å²) in [5, 5.41) is 16.4. The van der Waals surface area contributed by atoms with E-state index in [2.05, 4.69) is 25.4 Å². The van der Waals surface area contributed by atoms with E-state index in [1.54, 1.807) is 31.2 Å². The van der Waals surface area contributed by atoms with Crippen molar-refractivity contribution in [2.75, 3.05) is 5.32 Å². The van der Waals surface area contributed by atoms with Gasteiger partial charge in [-0.2, -0.15) is 18.3 Å². The monoisotopic (exact) mass is 432 g/mol. The van der Waals surface area contributed by atoms with Gasteiger partial charge in [0.25, 0.3) is 0 Å². The van der Waals surface area contributed by atoms with Crippen molar-refractivity contribution in [3.63, 3.8) is 0 Å². The highest BCUT2D eigenvalue weighted by Gasteiger charge is 2.38. The molecule has 0 aliphatic carbocycles. The van der Waals surface area contributed by atoms with Gasteiger partial charge < -0.3 is 10.4 Å². The van der Waals surface area contributed by atoms with Crippen molar-refractivity contribution in [1.29, 1.82) is 0 Å². The second-order valence-electron chi connectivity index (χ2n) is 6.81. The lowest BCUT2D eigenvalue weighted by molar-refractivity contribution is -0.207. The Kier molecular flexibility index (Phi) is 5.27. The number of pyridine rings is 3. The SMILES string of the molecule is Cc1ccc(F)c(-c2cc(Nc3ccnc4cnn(CC(O)C(F)(F)F)c34)ccn2)n1. The molecule has 4 heterocycles. The maximum Gasteiger partial charge on any atom is 0.416 e. The molecule has 1 unspecified atom stereocenters. The molecule has 0 saturated carbocycles. The summed E-state index contributed by atoms with van der Waals surface area (Å²) in [7, 11) is 0. The topological polar surface area (TPSA) is 88.8 Å². The van der Waals surface area contributed by atoms with Gasteiger partial charge in [0.05, 0.1) is 24.1 Å². The summed E-state index contributed by atoms with van der Waals surface area (Å²) in [6.07, 6.45) is -3.11. The van der Waals surface area contributed by atoms with Crippen LogP contribution in [0, 0.1) is 12.7 Å². The minimum Gasteiger partial charge on any atom is -0.382 e. The second kappa shape index (κ2) is 7.91. The summed E-state index contributed by atoms with van der Waals surface area (Å²) in [4.78, 5) is 12.4. The Labute approximate surface area is 173 Å². The van der Waals surface area contributed by atoms with Crippen LogP contribution in [0.2, 0.25) is 0 Å². The molecule has 31 heavy (non-hydrogen) atoms. The average molecular weight is 432 g/mol. The Morgan fingerprint density at radius 1 is 1.13 bits per heavy atom. The lowest BCUT2D eigenvalue weighted by atomic mass is 10.2. The molecule has 0 aliphatic rings. The number of aromatic nitrogens is 5. The quantitative estimate of drug-likeness (QED) is 0.464. The molecule has 0 aromatic carbocycles. The highest BCUT2D eigenvalue weighted by atomic mass is 19.4. The minimum atomic E-state index is -4.78. The molecule has 4 aromatic rings. The third-order valence-electron chi connectivity index (χ3n) is 4.52. The predicted octanol–water partition coefficient (Wildman–Crippen LogP) is 4.00. The summed E-state index contributed by atoms with van der Waals surface area (Å²) in [5.74, 6) is -0.527. The zero-order valence-electron chi connectivity index (χ0n) is 16.1. The first-order valence-electron chi connectivity index (χ1n) is 9.14. The van der Waals surface area contributed by atoms with Crippen molar-refractivity contribution in [2.45, 2.75) is 25.7 Å². The average Bonchev–Trinajstić information content (AvgIpc) is 3.13. The molecule has 0 fully saturated rings. The van der Waals surface area contributed by atoms with Crippen molar-refractivity contribution in [3.8, 4) is 11.4 Å². The van der Waals surface area contributed by atoms with E-state index in [0.717, 1.165) is 4.68 Å². The minimum absolute atomic E-state index is 0.0851. The van der Waals surface area contributed by atoms with Crippen molar-refractivity contribution < 1.29 is 22.7 Å². The molecule has 1 atom stereocenters. The van der Waals surface area contributed by atoms with Crippen molar-refractivity contribution in [3.05, 3.63) is 60.4 Å². The molecule has 11 heteroatoms. The fourth-order valence-electron chi connectivity index (χ4n) is 3.04. The molecule has 160 valence electrons. The third kappa shape index (κ3) is 4.31. The van der Waals surface area contributed by atoms with Gasteiger partial charge in [0.2, 0.25) is 0 Å². The lowest BCUT2D eigenvalue weighted by Crippen LogP contribution is -2.33. The van der Waals surface area contributed by atoms with E-state index in [4.69, 9.17) is 0 Å². The first kappa shape index (κ1) is 20.7. The van der Waals surface area contributed by atoms with Gasteiger partial charge in [0.1, 0.15) is 16.7 Å². The summed E-state index contributed by atoms with van der Waals surface area (Å²) in [6, 6.07) is 7.60. The van der Waals surface area contributed by atoms with E-state index >= 15 is 0 Å². The Hall–Kier alpha value is -3.60. The Balaban J connectivity index is 1.69. The van der Waals surface area contributed by atoms with Gasteiger partial charge >= 0.3 is 6.18 Å². The number of hydrogen-bond donors (Lipinski definition) is 2. The number of nitrogens with one attached hydrogen (secondary N) is 1. The maximum absolute atomic E-state index is 14.2. The van der Waals surface area contributed by atoms with Crippen molar-refractivity contribution >= 4 is 22.4 Å². The van der Waals surface area contributed by atoms with Crippen molar-refractivity contribution in [1.82, 2.24) is 24.7 Å². The van der Waals surface area contributed by atoms with Crippen LogP contribution in [0.25, 0.3) is 22.4 Å². The molecule has 0 bridgehead atoms. The Bertz CT molecular complexity index is 1240. The molecule has 4 rings (SSSR count). The van der Waals surface area contributed by atoms with E-state index in [0.29, 0.717) is 22.6 Å².